The number of methoxy groups -OCH3 is 1. The number of benzene rings is 2. The number of nitrogens with zero attached hydrogens (tertiary/aromatic N) is 2. The van der Waals surface area contributed by atoms with E-state index in [0.29, 0.717) is 11.1 Å². The van der Waals surface area contributed by atoms with Crippen LogP contribution in [0.3, 0.4) is 0 Å². The third kappa shape index (κ3) is 3.15. The molecular weight excluding hydrogens is 320 g/mol. The highest BCUT2D eigenvalue weighted by Gasteiger charge is 2.22. The number of hydrogen-bond donors (Lipinski definition) is 0. The summed E-state index contributed by atoms with van der Waals surface area (Å²) >= 11 is 0. The normalized spacial score (nSPS) is 12.1. The van der Waals surface area contributed by atoms with Crippen molar-refractivity contribution in [3.8, 4) is 5.75 Å². The molecule has 3 rings (SSSR count). The first-order chi connectivity index (χ1) is 12.0. The van der Waals surface area contributed by atoms with Crippen LogP contribution in [0.15, 0.2) is 57.7 Å². The molecule has 1 atom stereocenters. The van der Waals surface area contributed by atoms with Crippen molar-refractivity contribution >= 4 is 17.0 Å². The topological polar surface area (TPSA) is 64.7 Å². The zero-order valence-corrected chi connectivity index (χ0v) is 14.4. The Hall–Kier alpha value is -3.02. The van der Waals surface area contributed by atoms with Crippen LogP contribution in [0.2, 0.25) is 0 Å². The smallest absolute Gasteiger partial charge is 0.420 e. The van der Waals surface area contributed by atoms with Crippen LogP contribution in [0, 0.1) is 0 Å². The monoisotopic (exact) mass is 340 g/mol. The van der Waals surface area contributed by atoms with Gasteiger partial charge in [-0.05, 0) is 25.1 Å². The fraction of sp³-hybridized carbons (Fsp3) is 0.263. The lowest BCUT2D eigenvalue weighted by Crippen LogP contribution is -2.34. The van der Waals surface area contributed by atoms with Gasteiger partial charge in [-0.15, -0.1) is 0 Å². The molecule has 0 saturated heterocycles. The molecule has 0 saturated carbocycles. The van der Waals surface area contributed by atoms with E-state index in [1.807, 2.05) is 31.2 Å². The van der Waals surface area contributed by atoms with Gasteiger partial charge in [-0.3, -0.25) is 9.36 Å². The average molecular weight is 340 g/mol. The fourth-order valence-electron chi connectivity index (χ4n) is 2.85. The van der Waals surface area contributed by atoms with Crippen LogP contribution in [-0.2, 0) is 11.3 Å². The number of fused-ring (bicyclic) bond motifs is 1. The summed E-state index contributed by atoms with van der Waals surface area (Å²) in [5, 5.41) is 0. The molecule has 1 unspecified atom stereocenters. The summed E-state index contributed by atoms with van der Waals surface area (Å²) in [4.78, 5) is 26.4. The van der Waals surface area contributed by atoms with E-state index in [9.17, 15) is 9.59 Å². The van der Waals surface area contributed by atoms with Gasteiger partial charge in [0.2, 0.25) is 5.91 Å². The number of rotatable bonds is 5. The Labute approximate surface area is 145 Å². The van der Waals surface area contributed by atoms with E-state index in [2.05, 4.69) is 0 Å². The summed E-state index contributed by atoms with van der Waals surface area (Å²) in [5.41, 5.74) is 1.99. The minimum atomic E-state index is -0.534. The molecule has 6 heteroatoms. The van der Waals surface area contributed by atoms with Crippen molar-refractivity contribution in [2.24, 2.45) is 0 Å². The number of aromatic nitrogens is 1. The third-order valence-electron chi connectivity index (χ3n) is 4.43. The van der Waals surface area contributed by atoms with Gasteiger partial charge in [0.05, 0.1) is 18.7 Å². The maximum Gasteiger partial charge on any atom is 0.420 e. The molecule has 0 spiro atoms. The molecule has 6 nitrogen and oxygen atoms in total. The lowest BCUT2D eigenvalue weighted by molar-refractivity contribution is -0.132. The number of oxazole rings is 1. The summed E-state index contributed by atoms with van der Waals surface area (Å²) in [6.07, 6.45) is 0. The van der Waals surface area contributed by atoms with Crippen LogP contribution in [0.4, 0.5) is 0 Å². The zero-order valence-electron chi connectivity index (χ0n) is 14.4. The van der Waals surface area contributed by atoms with E-state index in [1.54, 1.807) is 43.3 Å². The van der Waals surface area contributed by atoms with Crippen molar-refractivity contribution in [3.63, 3.8) is 0 Å². The summed E-state index contributed by atoms with van der Waals surface area (Å²) in [6, 6.07) is 14.4. The predicted octanol–water partition coefficient (Wildman–Crippen LogP) is 2.82. The maximum atomic E-state index is 12.7. The highest BCUT2D eigenvalue weighted by Crippen LogP contribution is 2.28. The number of carbonyl (C=O) groups is 1. The van der Waals surface area contributed by atoms with E-state index < -0.39 is 5.76 Å². The van der Waals surface area contributed by atoms with E-state index in [4.69, 9.17) is 9.15 Å². The summed E-state index contributed by atoms with van der Waals surface area (Å²) in [7, 11) is 3.32. The Morgan fingerprint density at radius 1 is 1.20 bits per heavy atom. The van der Waals surface area contributed by atoms with E-state index >= 15 is 0 Å². The molecule has 0 bridgehead atoms. The Balaban J connectivity index is 1.85. The van der Waals surface area contributed by atoms with Gasteiger partial charge < -0.3 is 14.1 Å². The summed E-state index contributed by atoms with van der Waals surface area (Å²) in [6.45, 7) is 1.85. The molecule has 130 valence electrons. The molecule has 1 aromatic heterocycles. The number of carbonyl (C=O) groups excluding carboxylic acids is 1. The first kappa shape index (κ1) is 16.8. The van der Waals surface area contributed by atoms with Crippen molar-refractivity contribution in [2.45, 2.75) is 19.5 Å². The molecular formula is C19H20N2O4. The largest absolute Gasteiger partial charge is 0.496 e. The Kier molecular flexibility index (Phi) is 4.61. The van der Waals surface area contributed by atoms with Gasteiger partial charge >= 0.3 is 5.76 Å². The number of ether oxygens (including phenoxy) is 1. The number of amides is 1. The molecule has 1 heterocycles. The van der Waals surface area contributed by atoms with Gasteiger partial charge in [0.1, 0.15) is 12.3 Å². The van der Waals surface area contributed by atoms with Gasteiger partial charge in [0.15, 0.2) is 5.58 Å². The van der Waals surface area contributed by atoms with E-state index in [1.165, 1.54) is 4.57 Å². The molecule has 0 aliphatic heterocycles. The summed E-state index contributed by atoms with van der Waals surface area (Å²) in [5.74, 6) is 0.000492. The summed E-state index contributed by atoms with van der Waals surface area (Å²) < 4.78 is 11.9. The molecule has 3 aromatic rings. The van der Waals surface area contributed by atoms with Crippen molar-refractivity contribution in [1.82, 2.24) is 9.47 Å². The SMILES string of the molecule is COc1ccccc1C(C)N(C)C(=O)Cn1c(=O)oc2ccccc21. The molecule has 25 heavy (non-hydrogen) atoms. The second-order valence-electron chi connectivity index (χ2n) is 5.84. The van der Waals surface area contributed by atoms with E-state index in [-0.39, 0.29) is 18.5 Å². The van der Waals surface area contributed by atoms with Crippen molar-refractivity contribution in [2.75, 3.05) is 14.2 Å². The molecule has 0 radical (unpaired) electrons. The maximum absolute atomic E-state index is 12.7. The Morgan fingerprint density at radius 2 is 1.88 bits per heavy atom. The fourth-order valence-corrected chi connectivity index (χ4v) is 2.85. The molecule has 0 aliphatic carbocycles. The quantitative estimate of drug-likeness (QED) is 0.716. The van der Waals surface area contributed by atoms with Crippen molar-refractivity contribution < 1.29 is 13.9 Å². The average Bonchev–Trinajstić information content (AvgIpc) is 2.95. The Bertz CT molecular complexity index is 957. The van der Waals surface area contributed by atoms with Crippen LogP contribution in [-0.4, -0.2) is 29.5 Å². The highest BCUT2D eigenvalue weighted by molar-refractivity contribution is 5.79. The van der Waals surface area contributed by atoms with E-state index in [0.717, 1.165) is 11.3 Å². The van der Waals surface area contributed by atoms with Gasteiger partial charge in [-0.2, -0.15) is 0 Å². The van der Waals surface area contributed by atoms with Gasteiger partial charge in [-0.25, -0.2) is 4.79 Å². The lowest BCUT2D eigenvalue weighted by Gasteiger charge is -2.26. The molecule has 0 N–H and O–H groups in total. The van der Waals surface area contributed by atoms with Gasteiger partial charge in [0.25, 0.3) is 0 Å². The van der Waals surface area contributed by atoms with Crippen LogP contribution in [0.25, 0.3) is 11.1 Å². The molecule has 1 amide bonds. The number of para-hydroxylation sites is 3. The van der Waals surface area contributed by atoms with Gasteiger partial charge in [-0.1, -0.05) is 30.3 Å². The van der Waals surface area contributed by atoms with Crippen LogP contribution in [0.1, 0.15) is 18.5 Å². The van der Waals surface area contributed by atoms with Crippen LogP contribution < -0.4 is 10.5 Å². The third-order valence-corrected chi connectivity index (χ3v) is 4.43. The number of likely N-dealkylation sites (N-methyl/N-ethyl adjacent to an activating group) is 1. The highest BCUT2D eigenvalue weighted by atomic mass is 16.5. The standard InChI is InChI=1S/C19H20N2O4/c1-13(14-8-4-6-10-16(14)24-3)20(2)18(22)12-21-15-9-5-7-11-17(15)25-19(21)23/h4-11,13H,12H2,1-3H3. The first-order valence-corrected chi connectivity index (χ1v) is 8.00. The lowest BCUT2D eigenvalue weighted by atomic mass is 10.1. The second kappa shape index (κ2) is 6.84. The van der Waals surface area contributed by atoms with Crippen molar-refractivity contribution in [1.29, 1.82) is 0 Å². The van der Waals surface area contributed by atoms with Gasteiger partial charge in [0, 0.05) is 12.6 Å². The predicted molar refractivity (Wildman–Crippen MR) is 94.7 cm³/mol. The second-order valence-corrected chi connectivity index (χ2v) is 5.84. The van der Waals surface area contributed by atoms with Crippen molar-refractivity contribution in [3.05, 3.63) is 64.6 Å². The minimum absolute atomic E-state index is 0.0775. The Morgan fingerprint density at radius 3 is 2.64 bits per heavy atom. The molecule has 2 aromatic carbocycles. The minimum Gasteiger partial charge on any atom is -0.496 e. The van der Waals surface area contributed by atoms with Crippen LogP contribution in [0.5, 0.6) is 5.75 Å². The first-order valence-electron chi connectivity index (χ1n) is 8.00. The number of hydrogen-bond acceptors (Lipinski definition) is 4. The molecule has 0 aliphatic rings. The van der Waals surface area contributed by atoms with Crippen LogP contribution >= 0.6 is 0 Å². The molecule has 0 fully saturated rings. The zero-order chi connectivity index (χ0) is 18.0.